The maximum absolute atomic E-state index is 12.3. The fraction of sp³-hybridized carbons (Fsp3) is 0.533. The zero-order chi connectivity index (χ0) is 15.2. The predicted molar refractivity (Wildman–Crippen MR) is 77.7 cm³/mol. The van der Waals surface area contributed by atoms with Gasteiger partial charge < -0.3 is 15.3 Å². The molecule has 0 bridgehead atoms. The molecular weight excluding hydrogens is 270 g/mol. The molecule has 6 nitrogen and oxygen atoms in total. The lowest BCUT2D eigenvalue weighted by Crippen LogP contribution is -2.46. The number of pyridine rings is 1. The van der Waals surface area contributed by atoms with Gasteiger partial charge in [-0.15, -0.1) is 0 Å². The Morgan fingerprint density at radius 1 is 1.57 bits per heavy atom. The van der Waals surface area contributed by atoms with Crippen LogP contribution < -0.4 is 5.32 Å². The van der Waals surface area contributed by atoms with Crippen LogP contribution in [0, 0.1) is 5.92 Å². The Bertz CT molecular complexity index is 492. The van der Waals surface area contributed by atoms with Gasteiger partial charge in [0.05, 0.1) is 6.04 Å². The molecule has 1 saturated heterocycles. The minimum absolute atomic E-state index is 0.0516. The first-order chi connectivity index (χ1) is 10.1. The largest absolute Gasteiger partial charge is 0.481 e. The summed E-state index contributed by atoms with van der Waals surface area (Å²) in [7, 11) is 0. The van der Waals surface area contributed by atoms with Gasteiger partial charge in [0.2, 0.25) is 0 Å². The minimum atomic E-state index is -0.800. The molecule has 1 aliphatic heterocycles. The number of aromatic nitrogens is 1. The maximum atomic E-state index is 12.3. The molecule has 2 unspecified atom stereocenters. The number of carbonyl (C=O) groups excluding carboxylic acids is 1. The topological polar surface area (TPSA) is 82.5 Å². The molecule has 2 amide bonds. The molecule has 0 aromatic carbocycles. The summed E-state index contributed by atoms with van der Waals surface area (Å²) in [5, 5.41) is 11.8. The van der Waals surface area contributed by atoms with Crippen LogP contribution in [0.3, 0.4) is 0 Å². The molecule has 2 atom stereocenters. The number of rotatable bonds is 4. The second-order valence-corrected chi connectivity index (χ2v) is 5.51. The number of piperidine rings is 1. The van der Waals surface area contributed by atoms with Crippen molar-refractivity contribution in [1.29, 1.82) is 0 Å². The second kappa shape index (κ2) is 7.06. The van der Waals surface area contributed by atoms with Gasteiger partial charge in [-0.05, 0) is 37.3 Å². The molecule has 0 saturated carbocycles. The minimum Gasteiger partial charge on any atom is -0.481 e. The van der Waals surface area contributed by atoms with E-state index in [9.17, 15) is 9.59 Å². The molecule has 0 spiro atoms. The molecule has 1 aromatic heterocycles. The number of carbonyl (C=O) groups is 2. The van der Waals surface area contributed by atoms with E-state index >= 15 is 0 Å². The highest BCUT2D eigenvalue weighted by Gasteiger charge is 2.26. The standard InChI is InChI=1S/C15H21N3O3/c1-11(13-5-2-6-16-9-13)17-15(21)18-7-3-4-12(10-18)8-14(19)20/h2,5-6,9,11-12H,3-4,7-8,10H2,1H3,(H,17,21)(H,19,20). The number of carboxylic acids is 1. The first-order valence-corrected chi connectivity index (χ1v) is 7.23. The average molecular weight is 291 g/mol. The van der Waals surface area contributed by atoms with Crippen molar-refractivity contribution in [2.75, 3.05) is 13.1 Å². The van der Waals surface area contributed by atoms with E-state index in [1.54, 1.807) is 17.3 Å². The lowest BCUT2D eigenvalue weighted by molar-refractivity contribution is -0.138. The van der Waals surface area contributed by atoms with E-state index in [4.69, 9.17) is 5.11 Å². The van der Waals surface area contributed by atoms with Crippen LogP contribution in [-0.4, -0.2) is 40.1 Å². The predicted octanol–water partition coefficient (Wildman–Crippen LogP) is 2.04. The number of aliphatic carboxylic acids is 1. The number of nitrogens with one attached hydrogen (secondary N) is 1. The lowest BCUT2D eigenvalue weighted by atomic mass is 9.95. The van der Waals surface area contributed by atoms with Crippen LogP contribution in [0.4, 0.5) is 4.79 Å². The third-order valence-electron chi connectivity index (χ3n) is 3.79. The molecule has 2 rings (SSSR count). The number of urea groups is 1. The number of amides is 2. The SMILES string of the molecule is CC(NC(=O)N1CCCC(CC(=O)O)C1)c1cccnc1. The maximum Gasteiger partial charge on any atom is 0.317 e. The molecule has 21 heavy (non-hydrogen) atoms. The fourth-order valence-corrected chi connectivity index (χ4v) is 2.66. The van der Waals surface area contributed by atoms with Crippen molar-refractivity contribution in [2.45, 2.75) is 32.2 Å². The van der Waals surface area contributed by atoms with Gasteiger partial charge >= 0.3 is 12.0 Å². The van der Waals surface area contributed by atoms with E-state index in [2.05, 4.69) is 10.3 Å². The molecule has 114 valence electrons. The third-order valence-corrected chi connectivity index (χ3v) is 3.79. The number of nitrogens with zero attached hydrogens (tertiary/aromatic N) is 2. The molecule has 2 N–H and O–H groups in total. The highest BCUT2D eigenvalue weighted by molar-refractivity contribution is 5.75. The van der Waals surface area contributed by atoms with Crippen LogP contribution in [0.2, 0.25) is 0 Å². The van der Waals surface area contributed by atoms with Gasteiger partial charge in [0.1, 0.15) is 0 Å². The summed E-state index contributed by atoms with van der Waals surface area (Å²) < 4.78 is 0. The van der Waals surface area contributed by atoms with E-state index in [1.807, 2.05) is 19.1 Å². The van der Waals surface area contributed by atoms with Gasteiger partial charge in [-0.25, -0.2) is 4.79 Å². The third kappa shape index (κ3) is 4.44. The van der Waals surface area contributed by atoms with E-state index < -0.39 is 5.97 Å². The van der Waals surface area contributed by atoms with Gasteiger partial charge in [-0.1, -0.05) is 6.07 Å². The molecule has 6 heteroatoms. The second-order valence-electron chi connectivity index (χ2n) is 5.51. The van der Waals surface area contributed by atoms with Crippen molar-refractivity contribution >= 4 is 12.0 Å². The summed E-state index contributed by atoms with van der Waals surface area (Å²) in [5.74, 6) is -0.748. The quantitative estimate of drug-likeness (QED) is 0.889. The van der Waals surface area contributed by atoms with Gasteiger partial charge in [0.25, 0.3) is 0 Å². The molecular formula is C15H21N3O3. The van der Waals surface area contributed by atoms with E-state index in [-0.39, 0.29) is 24.4 Å². The van der Waals surface area contributed by atoms with E-state index in [0.29, 0.717) is 13.1 Å². The van der Waals surface area contributed by atoms with Crippen LogP contribution in [0.25, 0.3) is 0 Å². The number of hydrogen-bond donors (Lipinski definition) is 2. The zero-order valence-corrected chi connectivity index (χ0v) is 12.2. The van der Waals surface area contributed by atoms with Crippen molar-refractivity contribution in [3.63, 3.8) is 0 Å². The highest BCUT2D eigenvalue weighted by Crippen LogP contribution is 2.20. The van der Waals surface area contributed by atoms with Gasteiger partial charge in [-0.2, -0.15) is 0 Å². The Kier molecular flexibility index (Phi) is 5.14. The van der Waals surface area contributed by atoms with Crippen molar-refractivity contribution < 1.29 is 14.7 Å². The monoisotopic (exact) mass is 291 g/mol. The Morgan fingerprint density at radius 3 is 3.05 bits per heavy atom. The number of carboxylic acid groups (broad SMARTS) is 1. The summed E-state index contributed by atoms with van der Waals surface area (Å²) in [4.78, 5) is 28.8. The average Bonchev–Trinajstić information content (AvgIpc) is 2.47. The van der Waals surface area contributed by atoms with Crippen molar-refractivity contribution in [1.82, 2.24) is 15.2 Å². The molecule has 1 fully saturated rings. The van der Waals surface area contributed by atoms with Crippen LogP contribution >= 0.6 is 0 Å². The van der Waals surface area contributed by atoms with Crippen molar-refractivity contribution in [2.24, 2.45) is 5.92 Å². The number of hydrogen-bond acceptors (Lipinski definition) is 3. The summed E-state index contributed by atoms with van der Waals surface area (Å²) in [6, 6.07) is 3.50. The lowest BCUT2D eigenvalue weighted by Gasteiger charge is -2.33. The molecule has 1 aromatic rings. The van der Waals surface area contributed by atoms with Gasteiger partial charge in [-0.3, -0.25) is 9.78 Å². The molecule has 1 aliphatic rings. The van der Waals surface area contributed by atoms with Crippen LogP contribution in [-0.2, 0) is 4.79 Å². The van der Waals surface area contributed by atoms with Crippen molar-refractivity contribution in [3.8, 4) is 0 Å². The molecule has 0 radical (unpaired) electrons. The van der Waals surface area contributed by atoms with Gasteiger partial charge in [0, 0.05) is 31.9 Å². The normalized spacial score (nSPS) is 19.9. The smallest absolute Gasteiger partial charge is 0.317 e. The van der Waals surface area contributed by atoms with Crippen LogP contribution in [0.5, 0.6) is 0 Å². The molecule has 2 heterocycles. The summed E-state index contributed by atoms with van der Waals surface area (Å²) >= 11 is 0. The van der Waals surface area contributed by atoms with Crippen molar-refractivity contribution in [3.05, 3.63) is 30.1 Å². The Hall–Kier alpha value is -2.11. The fourth-order valence-electron chi connectivity index (χ4n) is 2.66. The number of likely N-dealkylation sites (tertiary alicyclic amines) is 1. The first-order valence-electron chi connectivity index (χ1n) is 7.23. The zero-order valence-electron chi connectivity index (χ0n) is 12.2. The molecule has 0 aliphatic carbocycles. The Morgan fingerprint density at radius 2 is 2.38 bits per heavy atom. The van der Waals surface area contributed by atoms with Crippen LogP contribution in [0.1, 0.15) is 37.8 Å². The van der Waals surface area contributed by atoms with E-state index in [1.165, 1.54) is 0 Å². The van der Waals surface area contributed by atoms with Gasteiger partial charge in [0.15, 0.2) is 0 Å². The summed E-state index contributed by atoms with van der Waals surface area (Å²) in [5.41, 5.74) is 0.949. The summed E-state index contributed by atoms with van der Waals surface area (Å²) in [6.45, 7) is 3.10. The Balaban J connectivity index is 1.89. The first kappa shape index (κ1) is 15.3. The Labute approximate surface area is 124 Å². The summed E-state index contributed by atoms with van der Waals surface area (Å²) in [6.07, 6.45) is 5.27. The van der Waals surface area contributed by atoms with Crippen LogP contribution in [0.15, 0.2) is 24.5 Å². The van der Waals surface area contributed by atoms with E-state index in [0.717, 1.165) is 18.4 Å². The highest BCUT2D eigenvalue weighted by atomic mass is 16.4.